The molecule has 0 saturated carbocycles. The average molecular weight is 568 g/mol. The SMILES string of the molecule is Cn1nc(NC(=O)Nc2ccc(CN3CCN(CCO)CC3)c(C(F)(F)F)c2)cc1C#Cc1cnc2cnccn12. The minimum absolute atomic E-state index is 0.00406. The van der Waals surface area contributed by atoms with Crippen LogP contribution in [0.1, 0.15) is 22.5 Å². The fourth-order valence-electron chi connectivity index (χ4n) is 4.60. The number of carbonyl (C=O) groups excluding carboxylic acids is 1. The number of urea groups is 1. The topological polar surface area (TPSA) is 116 Å². The zero-order chi connectivity index (χ0) is 29.0. The van der Waals surface area contributed by atoms with Gasteiger partial charge in [0.05, 0.1) is 24.6 Å². The van der Waals surface area contributed by atoms with E-state index in [0.29, 0.717) is 49.8 Å². The number of alkyl halides is 3. The number of fused-ring (bicyclic) bond motifs is 1. The quantitative estimate of drug-likeness (QED) is 0.307. The molecule has 11 nitrogen and oxygen atoms in total. The van der Waals surface area contributed by atoms with Gasteiger partial charge in [-0.15, -0.1) is 0 Å². The Hall–Kier alpha value is -4.45. The summed E-state index contributed by atoms with van der Waals surface area (Å²) in [5.41, 5.74) is 1.14. The van der Waals surface area contributed by atoms with E-state index < -0.39 is 17.8 Å². The molecule has 0 atom stereocenters. The van der Waals surface area contributed by atoms with E-state index in [-0.39, 0.29) is 30.2 Å². The first-order valence-electron chi connectivity index (χ1n) is 12.9. The molecule has 3 N–H and O–H groups in total. The van der Waals surface area contributed by atoms with Crippen molar-refractivity contribution in [2.45, 2.75) is 12.7 Å². The molecule has 0 unspecified atom stereocenters. The number of aryl methyl sites for hydroxylation is 1. The monoisotopic (exact) mass is 567 g/mol. The van der Waals surface area contributed by atoms with Gasteiger partial charge in [-0.2, -0.15) is 18.3 Å². The maximum absolute atomic E-state index is 13.9. The molecule has 0 aliphatic carbocycles. The fourth-order valence-corrected chi connectivity index (χ4v) is 4.60. The summed E-state index contributed by atoms with van der Waals surface area (Å²) in [7, 11) is 1.66. The number of aliphatic hydroxyl groups is 1. The van der Waals surface area contributed by atoms with Gasteiger partial charge in [0, 0.05) is 70.5 Å². The molecule has 41 heavy (non-hydrogen) atoms. The van der Waals surface area contributed by atoms with Crippen LogP contribution in [0, 0.1) is 11.8 Å². The van der Waals surface area contributed by atoms with Gasteiger partial charge in [-0.3, -0.25) is 29.2 Å². The smallest absolute Gasteiger partial charge is 0.395 e. The third kappa shape index (κ3) is 6.83. The number of anilines is 2. The van der Waals surface area contributed by atoms with Crippen molar-refractivity contribution in [3.63, 3.8) is 0 Å². The number of amides is 2. The minimum Gasteiger partial charge on any atom is -0.395 e. The molecule has 0 spiro atoms. The zero-order valence-electron chi connectivity index (χ0n) is 22.2. The van der Waals surface area contributed by atoms with Crippen LogP contribution in [-0.2, 0) is 19.8 Å². The molecule has 1 aliphatic heterocycles. The summed E-state index contributed by atoms with van der Waals surface area (Å²) in [6.45, 7) is 3.32. The number of piperazine rings is 1. The summed E-state index contributed by atoms with van der Waals surface area (Å²) < 4.78 is 45.0. The first-order chi connectivity index (χ1) is 19.7. The first kappa shape index (κ1) is 28.1. The number of aromatic nitrogens is 5. The number of benzene rings is 1. The van der Waals surface area contributed by atoms with Gasteiger partial charge < -0.3 is 10.4 Å². The lowest BCUT2D eigenvalue weighted by molar-refractivity contribution is -0.138. The van der Waals surface area contributed by atoms with Gasteiger partial charge in [0.15, 0.2) is 11.5 Å². The molecule has 2 amide bonds. The lowest BCUT2D eigenvalue weighted by atomic mass is 10.0. The van der Waals surface area contributed by atoms with Crippen molar-refractivity contribution in [1.82, 2.24) is 33.9 Å². The van der Waals surface area contributed by atoms with E-state index in [1.807, 2.05) is 4.90 Å². The molecule has 0 bridgehead atoms. The summed E-state index contributed by atoms with van der Waals surface area (Å²) >= 11 is 0. The van der Waals surface area contributed by atoms with Crippen molar-refractivity contribution in [1.29, 1.82) is 0 Å². The molecule has 1 fully saturated rings. The van der Waals surface area contributed by atoms with E-state index in [1.165, 1.54) is 16.8 Å². The highest BCUT2D eigenvalue weighted by molar-refractivity contribution is 5.99. The predicted octanol–water partition coefficient (Wildman–Crippen LogP) is 2.64. The summed E-state index contributed by atoms with van der Waals surface area (Å²) in [5, 5.41) is 18.3. The minimum atomic E-state index is -4.59. The van der Waals surface area contributed by atoms with Gasteiger partial charge in [0.2, 0.25) is 0 Å². The Morgan fingerprint density at radius 2 is 1.80 bits per heavy atom. The number of halogens is 3. The van der Waals surface area contributed by atoms with Crippen LogP contribution >= 0.6 is 0 Å². The lowest BCUT2D eigenvalue weighted by Crippen LogP contribution is -2.46. The highest BCUT2D eigenvalue weighted by Gasteiger charge is 2.34. The molecule has 1 aliphatic rings. The number of hydrogen-bond donors (Lipinski definition) is 3. The molecule has 1 aromatic carbocycles. The van der Waals surface area contributed by atoms with Crippen molar-refractivity contribution < 1.29 is 23.1 Å². The Morgan fingerprint density at radius 1 is 1.05 bits per heavy atom. The number of hydrogen-bond acceptors (Lipinski definition) is 7. The number of aliphatic hydroxyl groups excluding tert-OH is 1. The van der Waals surface area contributed by atoms with Crippen LogP contribution in [0.2, 0.25) is 0 Å². The molecule has 0 radical (unpaired) electrons. The number of β-amino-alcohol motifs (C(OH)–C–C–N with tert-alkyl or cyclic N) is 1. The third-order valence-electron chi connectivity index (χ3n) is 6.71. The average Bonchev–Trinajstić information content (AvgIpc) is 3.51. The van der Waals surface area contributed by atoms with Crippen LogP contribution in [0.25, 0.3) is 5.65 Å². The standard InChI is InChI=1S/C27H28F3N9O2/c1-36-21(4-5-22-16-32-25-17-31-6-7-39(22)25)15-24(35-36)34-26(41)33-20-3-2-19(23(14-20)27(28,29)30)18-38-10-8-37(9-11-38)12-13-40/h2-3,6-7,14-17,40H,8-13,18H2,1H3,(H2,33,34,35,41). The van der Waals surface area contributed by atoms with Crippen LogP contribution in [0.4, 0.5) is 29.5 Å². The highest BCUT2D eigenvalue weighted by Crippen LogP contribution is 2.34. The van der Waals surface area contributed by atoms with Gasteiger partial charge in [0.1, 0.15) is 11.4 Å². The number of imidazole rings is 1. The lowest BCUT2D eigenvalue weighted by Gasteiger charge is -2.34. The van der Waals surface area contributed by atoms with Crippen molar-refractivity contribution in [3.8, 4) is 11.8 Å². The Labute approximate surface area is 233 Å². The van der Waals surface area contributed by atoms with Crippen LogP contribution in [0.15, 0.2) is 49.1 Å². The summed E-state index contributed by atoms with van der Waals surface area (Å²) in [4.78, 5) is 24.9. The maximum Gasteiger partial charge on any atom is 0.416 e. The molecule has 4 aromatic rings. The van der Waals surface area contributed by atoms with Crippen molar-refractivity contribution in [2.75, 3.05) is 50.0 Å². The predicted molar refractivity (Wildman–Crippen MR) is 145 cm³/mol. The van der Waals surface area contributed by atoms with E-state index in [4.69, 9.17) is 5.11 Å². The summed E-state index contributed by atoms with van der Waals surface area (Å²) in [6, 6.07) is 4.60. The molecule has 5 rings (SSSR count). The first-order valence-corrected chi connectivity index (χ1v) is 12.9. The number of carbonyl (C=O) groups is 1. The third-order valence-corrected chi connectivity index (χ3v) is 6.71. The normalized spacial score (nSPS) is 14.6. The van der Waals surface area contributed by atoms with E-state index >= 15 is 0 Å². The second-order valence-corrected chi connectivity index (χ2v) is 9.53. The largest absolute Gasteiger partial charge is 0.416 e. The Balaban J connectivity index is 1.24. The molecule has 214 valence electrons. The van der Waals surface area contributed by atoms with Crippen LogP contribution in [0.3, 0.4) is 0 Å². The van der Waals surface area contributed by atoms with E-state index in [0.717, 1.165) is 6.07 Å². The van der Waals surface area contributed by atoms with Crippen molar-refractivity contribution in [2.24, 2.45) is 7.05 Å². The number of nitrogens with one attached hydrogen (secondary N) is 2. The molecule has 14 heteroatoms. The zero-order valence-corrected chi connectivity index (χ0v) is 22.2. The molecular formula is C27H28F3N9O2. The summed E-state index contributed by atoms with van der Waals surface area (Å²) in [5.74, 6) is 6.17. The van der Waals surface area contributed by atoms with Gasteiger partial charge in [-0.25, -0.2) is 9.78 Å². The van der Waals surface area contributed by atoms with Gasteiger partial charge in [0.25, 0.3) is 0 Å². The van der Waals surface area contributed by atoms with E-state index in [2.05, 4.69) is 42.4 Å². The molecule has 4 heterocycles. The van der Waals surface area contributed by atoms with Crippen LogP contribution in [0.5, 0.6) is 0 Å². The van der Waals surface area contributed by atoms with Crippen molar-refractivity contribution in [3.05, 3.63) is 71.6 Å². The maximum atomic E-state index is 13.9. The van der Waals surface area contributed by atoms with Crippen molar-refractivity contribution >= 4 is 23.2 Å². The molecular weight excluding hydrogens is 539 g/mol. The highest BCUT2D eigenvalue weighted by atomic mass is 19.4. The molecule has 1 saturated heterocycles. The van der Waals surface area contributed by atoms with Gasteiger partial charge in [-0.1, -0.05) is 6.07 Å². The van der Waals surface area contributed by atoms with Gasteiger partial charge >= 0.3 is 12.2 Å². The molecule has 3 aromatic heterocycles. The van der Waals surface area contributed by atoms with E-state index in [9.17, 15) is 18.0 Å². The van der Waals surface area contributed by atoms with Gasteiger partial charge in [-0.05, 0) is 29.5 Å². The fraction of sp³-hybridized carbons (Fsp3) is 0.333. The number of rotatable bonds is 6. The van der Waals surface area contributed by atoms with Crippen LogP contribution in [-0.4, -0.2) is 84.4 Å². The Bertz CT molecular complexity index is 1590. The van der Waals surface area contributed by atoms with E-state index in [1.54, 1.807) is 42.3 Å². The Kier molecular flexibility index (Phi) is 8.20. The van der Waals surface area contributed by atoms with Crippen LogP contribution < -0.4 is 10.6 Å². The second kappa shape index (κ2) is 12.0. The summed E-state index contributed by atoms with van der Waals surface area (Å²) in [6.07, 6.45) is 2.01. The second-order valence-electron chi connectivity index (χ2n) is 9.53. The Morgan fingerprint density at radius 3 is 2.56 bits per heavy atom. The number of nitrogens with zero attached hydrogens (tertiary/aromatic N) is 7.